The molecule has 0 saturated carbocycles. The van der Waals surface area contributed by atoms with E-state index in [-0.39, 0.29) is 5.82 Å². The molecule has 0 aliphatic carbocycles. The van der Waals surface area contributed by atoms with Crippen LogP contribution in [0.25, 0.3) is 33.4 Å². The van der Waals surface area contributed by atoms with Crippen LogP contribution in [0, 0.1) is 31.0 Å². The third-order valence-corrected chi connectivity index (χ3v) is 5.17. The zero-order valence-electron chi connectivity index (χ0n) is 16.4. The van der Waals surface area contributed by atoms with Crippen molar-refractivity contribution in [2.75, 3.05) is 0 Å². The van der Waals surface area contributed by atoms with Crippen LogP contribution >= 0.6 is 0 Å². The minimum Gasteiger partial charge on any atom is -0.206 e. The van der Waals surface area contributed by atoms with E-state index in [1.54, 1.807) is 12.1 Å². The predicted molar refractivity (Wildman–Crippen MR) is 117 cm³/mol. The smallest absolute Gasteiger partial charge is 0.131 e. The maximum absolute atomic E-state index is 14.8. The van der Waals surface area contributed by atoms with Crippen LogP contribution in [0.2, 0.25) is 0 Å². The second kappa shape index (κ2) is 7.73. The Bertz CT molecular complexity index is 1210. The highest BCUT2D eigenvalue weighted by molar-refractivity contribution is 5.81. The molecule has 1 nitrogen and oxygen atoms in total. The molecule has 140 valence electrons. The Balaban J connectivity index is 1.86. The van der Waals surface area contributed by atoms with Crippen LogP contribution in [-0.2, 0) is 0 Å². The van der Waals surface area contributed by atoms with Gasteiger partial charge in [-0.2, -0.15) is 5.26 Å². The van der Waals surface area contributed by atoms with Gasteiger partial charge >= 0.3 is 0 Å². The third kappa shape index (κ3) is 3.81. The lowest BCUT2D eigenvalue weighted by molar-refractivity contribution is 0.631. The maximum atomic E-state index is 14.8. The van der Waals surface area contributed by atoms with E-state index < -0.39 is 0 Å². The summed E-state index contributed by atoms with van der Waals surface area (Å²) in [6.07, 6.45) is 0. The van der Waals surface area contributed by atoms with Crippen molar-refractivity contribution < 1.29 is 4.39 Å². The fraction of sp³-hybridized carbons (Fsp3) is 0.0741. The maximum Gasteiger partial charge on any atom is 0.131 e. The van der Waals surface area contributed by atoms with Gasteiger partial charge in [0, 0.05) is 11.1 Å². The number of nitriles is 1. The summed E-state index contributed by atoms with van der Waals surface area (Å²) in [5, 5.41) is 9.61. The van der Waals surface area contributed by atoms with Crippen molar-refractivity contribution in [3.8, 4) is 39.4 Å². The van der Waals surface area contributed by atoms with Gasteiger partial charge in [0.15, 0.2) is 0 Å². The highest BCUT2D eigenvalue weighted by Crippen LogP contribution is 2.34. The molecule has 0 radical (unpaired) electrons. The zero-order valence-corrected chi connectivity index (χ0v) is 16.4. The van der Waals surface area contributed by atoms with E-state index in [0.717, 1.165) is 22.3 Å². The molecule has 4 aromatic rings. The van der Waals surface area contributed by atoms with Crippen LogP contribution in [0.4, 0.5) is 4.39 Å². The quantitative estimate of drug-likeness (QED) is 0.367. The molecule has 0 aliphatic heterocycles. The van der Waals surface area contributed by atoms with Gasteiger partial charge in [-0.3, -0.25) is 0 Å². The minimum atomic E-state index is -0.335. The van der Waals surface area contributed by atoms with Gasteiger partial charge in [-0.25, -0.2) is 4.39 Å². The number of halogens is 1. The minimum absolute atomic E-state index is 0.335. The van der Waals surface area contributed by atoms with Crippen molar-refractivity contribution in [1.29, 1.82) is 5.26 Å². The molecule has 0 N–H and O–H groups in total. The number of hydrogen-bond donors (Lipinski definition) is 0. The first-order chi connectivity index (χ1) is 14.0. The Morgan fingerprint density at radius 3 is 1.55 bits per heavy atom. The van der Waals surface area contributed by atoms with E-state index >= 15 is 0 Å². The van der Waals surface area contributed by atoms with Crippen LogP contribution in [0.1, 0.15) is 16.7 Å². The van der Waals surface area contributed by atoms with Crippen LogP contribution in [-0.4, -0.2) is 0 Å². The van der Waals surface area contributed by atoms with Gasteiger partial charge in [-0.15, -0.1) is 0 Å². The molecule has 2 heteroatoms. The number of nitrogens with zero attached hydrogens (tertiary/aromatic N) is 1. The van der Waals surface area contributed by atoms with Gasteiger partial charge in [0.1, 0.15) is 5.82 Å². The van der Waals surface area contributed by atoms with Gasteiger partial charge in [-0.05, 0) is 60.4 Å². The highest BCUT2D eigenvalue weighted by Gasteiger charge is 2.13. The molecule has 0 unspecified atom stereocenters. The van der Waals surface area contributed by atoms with Crippen molar-refractivity contribution in [1.82, 2.24) is 0 Å². The van der Waals surface area contributed by atoms with Crippen molar-refractivity contribution in [3.63, 3.8) is 0 Å². The van der Waals surface area contributed by atoms with E-state index in [0.29, 0.717) is 16.7 Å². The van der Waals surface area contributed by atoms with E-state index in [4.69, 9.17) is 0 Å². The fourth-order valence-corrected chi connectivity index (χ4v) is 3.45. The largest absolute Gasteiger partial charge is 0.206 e. The number of hydrogen-bond acceptors (Lipinski definition) is 1. The topological polar surface area (TPSA) is 23.8 Å². The monoisotopic (exact) mass is 377 g/mol. The van der Waals surface area contributed by atoms with Crippen molar-refractivity contribution >= 4 is 0 Å². The van der Waals surface area contributed by atoms with Crippen molar-refractivity contribution in [2.24, 2.45) is 0 Å². The normalized spacial score (nSPS) is 10.6. The molecular weight excluding hydrogens is 357 g/mol. The predicted octanol–water partition coefficient (Wildman–Crippen LogP) is 7.32. The average Bonchev–Trinajstić information content (AvgIpc) is 2.75. The molecular formula is C27H20FN. The standard InChI is InChI=1S/C27H20FN/c1-18-3-7-20(8-4-18)22-11-12-24(17-29)25(15-22)26-16-23(13-14-27(26)28)21-9-5-19(2)6-10-21/h3-16H,1-2H3. The molecule has 29 heavy (non-hydrogen) atoms. The van der Waals surface area contributed by atoms with Crippen LogP contribution < -0.4 is 0 Å². The van der Waals surface area contributed by atoms with Crippen molar-refractivity contribution in [3.05, 3.63) is 107 Å². The summed E-state index contributed by atoms with van der Waals surface area (Å²) in [6.45, 7) is 4.08. The Hall–Kier alpha value is -3.70. The summed E-state index contributed by atoms with van der Waals surface area (Å²) >= 11 is 0. The fourth-order valence-electron chi connectivity index (χ4n) is 3.45. The van der Waals surface area contributed by atoms with Gasteiger partial charge in [0.05, 0.1) is 11.6 Å². The molecule has 0 fully saturated rings. The number of rotatable bonds is 3. The van der Waals surface area contributed by atoms with Crippen LogP contribution in [0.3, 0.4) is 0 Å². The second-order valence-corrected chi connectivity index (χ2v) is 7.30. The van der Waals surface area contributed by atoms with Crippen LogP contribution in [0.15, 0.2) is 84.9 Å². The van der Waals surface area contributed by atoms with Gasteiger partial charge in [0.25, 0.3) is 0 Å². The van der Waals surface area contributed by atoms with Gasteiger partial charge in [-0.1, -0.05) is 71.8 Å². The first-order valence-electron chi connectivity index (χ1n) is 9.53. The van der Waals surface area contributed by atoms with E-state index in [2.05, 4.69) is 6.07 Å². The van der Waals surface area contributed by atoms with E-state index in [1.165, 1.54) is 17.2 Å². The summed E-state index contributed by atoms with van der Waals surface area (Å²) in [6, 6.07) is 29.2. The Morgan fingerprint density at radius 2 is 1.03 bits per heavy atom. The SMILES string of the molecule is Cc1ccc(-c2ccc(F)c(-c3cc(-c4ccc(C)cc4)ccc3C#N)c2)cc1. The second-order valence-electron chi connectivity index (χ2n) is 7.30. The molecule has 0 aliphatic rings. The zero-order chi connectivity index (χ0) is 20.4. The molecule has 0 saturated heterocycles. The van der Waals surface area contributed by atoms with E-state index in [1.807, 2.05) is 80.6 Å². The number of aryl methyl sites for hydroxylation is 2. The summed E-state index contributed by atoms with van der Waals surface area (Å²) in [4.78, 5) is 0. The Morgan fingerprint density at radius 1 is 0.586 bits per heavy atom. The molecule has 0 heterocycles. The third-order valence-electron chi connectivity index (χ3n) is 5.17. The summed E-state index contributed by atoms with van der Waals surface area (Å²) in [5.41, 5.74) is 7.80. The van der Waals surface area contributed by atoms with E-state index in [9.17, 15) is 9.65 Å². The average molecular weight is 377 g/mol. The summed E-state index contributed by atoms with van der Waals surface area (Å²) < 4.78 is 14.8. The summed E-state index contributed by atoms with van der Waals surface area (Å²) in [7, 11) is 0. The first-order valence-corrected chi connectivity index (χ1v) is 9.53. The lowest BCUT2D eigenvalue weighted by Crippen LogP contribution is -1.92. The number of benzene rings is 4. The molecule has 4 aromatic carbocycles. The highest BCUT2D eigenvalue weighted by atomic mass is 19.1. The molecule has 0 spiro atoms. The van der Waals surface area contributed by atoms with Crippen LogP contribution in [0.5, 0.6) is 0 Å². The Kier molecular flexibility index (Phi) is 4.97. The first kappa shape index (κ1) is 18.7. The Labute approximate surface area is 170 Å². The molecule has 0 bridgehead atoms. The lowest BCUT2D eigenvalue weighted by Gasteiger charge is -2.12. The molecule has 0 amide bonds. The van der Waals surface area contributed by atoms with Gasteiger partial charge < -0.3 is 0 Å². The molecule has 0 atom stereocenters. The summed E-state index contributed by atoms with van der Waals surface area (Å²) in [5.74, 6) is -0.335. The lowest BCUT2D eigenvalue weighted by atomic mass is 9.92. The van der Waals surface area contributed by atoms with Gasteiger partial charge in [0.2, 0.25) is 0 Å². The molecule has 4 rings (SSSR count). The van der Waals surface area contributed by atoms with Crippen molar-refractivity contribution in [2.45, 2.75) is 13.8 Å². The molecule has 0 aromatic heterocycles.